The maximum absolute atomic E-state index is 12.9. The molecule has 1 N–H and O–H groups in total. The van der Waals surface area contributed by atoms with E-state index in [0.29, 0.717) is 36.0 Å². The summed E-state index contributed by atoms with van der Waals surface area (Å²) in [7, 11) is 0. The van der Waals surface area contributed by atoms with Crippen molar-refractivity contribution in [2.45, 2.75) is 52.2 Å². The van der Waals surface area contributed by atoms with Crippen LogP contribution in [0.2, 0.25) is 5.02 Å². The second-order valence-corrected chi connectivity index (χ2v) is 8.43. The Balaban J connectivity index is 1.55. The SMILES string of the molecule is CCC(CC)C(=O)N1CCC(NC(=O)c2ccccc2OCc2ccc(Cl)cc2)CC1. The van der Waals surface area contributed by atoms with Gasteiger partial charge in [-0.05, 0) is 55.5 Å². The Morgan fingerprint density at radius 2 is 1.71 bits per heavy atom. The molecule has 0 radical (unpaired) electrons. The van der Waals surface area contributed by atoms with E-state index in [1.807, 2.05) is 47.4 Å². The van der Waals surface area contributed by atoms with Crippen LogP contribution in [0.3, 0.4) is 0 Å². The third-order valence-corrected chi connectivity index (χ3v) is 6.17. The van der Waals surface area contributed by atoms with E-state index in [0.717, 1.165) is 31.2 Å². The van der Waals surface area contributed by atoms with Gasteiger partial charge in [-0.3, -0.25) is 9.59 Å². The normalized spacial score (nSPS) is 14.5. The van der Waals surface area contributed by atoms with Crippen LogP contribution < -0.4 is 10.1 Å². The fraction of sp³-hybridized carbons (Fsp3) is 0.440. The lowest BCUT2D eigenvalue weighted by Gasteiger charge is -2.34. The predicted molar refractivity (Wildman–Crippen MR) is 123 cm³/mol. The van der Waals surface area contributed by atoms with Crippen molar-refractivity contribution >= 4 is 23.4 Å². The molecule has 0 unspecified atom stereocenters. The second kappa shape index (κ2) is 11.2. The molecule has 166 valence electrons. The number of halogens is 1. The number of carbonyl (C=O) groups excluding carboxylic acids is 2. The molecule has 2 aromatic carbocycles. The number of ether oxygens (including phenoxy) is 1. The van der Waals surface area contributed by atoms with E-state index < -0.39 is 0 Å². The fourth-order valence-electron chi connectivity index (χ4n) is 3.93. The number of likely N-dealkylation sites (tertiary alicyclic amines) is 1. The number of amides is 2. The molecule has 6 heteroatoms. The molecule has 0 atom stereocenters. The summed E-state index contributed by atoms with van der Waals surface area (Å²) in [5.74, 6) is 0.763. The molecule has 0 bridgehead atoms. The Bertz CT molecular complexity index is 873. The lowest BCUT2D eigenvalue weighted by atomic mass is 9.98. The van der Waals surface area contributed by atoms with Gasteiger partial charge in [-0.25, -0.2) is 0 Å². The Morgan fingerprint density at radius 3 is 2.35 bits per heavy atom. The summed E-state index contributed by atoms with van der Waals surface area (Å²) in [5.41, 5.74) is 1.50. The number of rotatable bonds is 8. The van der Waals surface area contributed by atoms with E-state index in [2.05, 4.69) is 19.2 Å². The summed E-state index contributed by atoms with van der Waals surface area (Å²) < 4.78 is 5.92. The van der Waals surface area contributed by atoms with Crippen LogP contribution in [0.15, 0.2) is 48.5 Å². The van der Waals surface area contributed by atoms with Crippen LogP contribution in [0, 0.1) is 5.92 Å². The molecule has 0 aliphatic carbocycles. The van der Waals surface area contributed by atoms with Crippen molar-refractivity contribution in [3.63, 3.8) is 0 Å². The van der Waals surface area contributed by atoms with Gasteiger partial charge in [-0.1, -0.05) is 49.7 Å². The lowest BCUT2D eigenvalue weighted by molar-refractivity contribution is -0.136. The Hall–Kier alpha value is -2.53. The number of hydrogen-bond donors (Lipinski definition) is 1. The molecule has 0 saturated carbocycles. The maximum Gasteiger partial charge on any atom is 0.255 e. The van der Waals surface area contributed by atoms with Gasteiger partial charge in [0.15, 0.2) is 0 Å². The van der Waals surface area contributed by atoms with Gasteiger partial charge >= 0.3 is 0 Å². The Labute approximate surface area is 189 Å². The molecule has 2 amide bonds. The van der Waals surface area contributed by atoms with Gasteiger partial charge in [-0.2, -0.15) is 0 Å². The average molecular weight is 443 g/mol. The molecule has 2 aromatic rings. The molecule has 1 aliphatic heterocycles. The van der Waals surface area contributed by atoms with Crippen molar-refractivity contribution in [1.82, 2.24) is 10.2 Å². The molecule has 3 rings (SSSR count). The zero-order valence-corrected chi connectivity index (χ0v) is 19.0. The van der Waals surface area contributed by atoms with Crippen LogP contribution in [-0.2, 0) is 11.4 Å². The predicted octanol–water partition coefficient (Wildman–Crippen LogP) is 5.08. The minimum atomic E-state index is -0.142. The summed E-state index contributed by atoms with van der Waals surface area (Å²) in [5, 5.41) is 3.80. The number of carbonyl (C=O) groups is 2. The van der Waals surface area contributed by atoms with E-state index in [1.165, 1.54) is 0 Å². The second-order valence-electron chi connectivity index (χ2n) is 8.00. The van der Waals surface area contributed by atoms with E-state index in [4.69, 9.17) is 16.3 Å². The van der Waals surface area contributed by atoms with E-state index in [1.54, 1.807) is 6.07 Å². The topological polar surface area (TPSA) is 58.6 Å². The highest BCUT2D eigenvalue weighted by molar-refractivity contribution is 6.30. The Morgan fingerprint density at radius 1 is 1.06 bits per heavy atom. The minimum absolute atomic E-state index is 0.0579. The number of benzene rings is 2. The third kappa shape index (κ3) is 6.23. The summed E-state index contributed by atoms with van der Waals surface area (Å²) in [4.78, 5) is 27.4. The first-order chi connectivity index (χ1) is 15.0. The highest BCUT2D eigenvalue weighted by Gasteiger charge is 2.27. The molecule has 5 nitrogen and oxygen atoms in total. The van der Waals surface area contributed by atoms with Gasteiger partial charge in [0.25, 0.3) is 5.91 Å². The minimum Gasteiger partial charge on any atom is -0.488 e. The van der Waals surface area contributed by atoms with Crippen molar-refractivity contribution in [3.8, 4) is 5.75 Å². The molecule has 1 fully saturated rings. The van der Waals surface area contributed by atoms with Gasteiger partial charge in [-0.15, -0.1) is 0 Å². The third-order valence-electron chi connectivity index (χ3n) is 5.92. The number of nitrogens with zero attached hydrogens (tertiary/aromatic N) is 1. The summed E-state index contributed by atoms with van der Waals surface area (Å²) in [6.07, 6.45) is 3.29. The van der Waals surface area contributed by atoms with Crippen LogP contribution in [0.1, 0.15) is 55.5 Å². The summed E-state index contributed by atoms with van der Waals surface area (Å²) in [6, 6.07) is 14.8. The number of piperidine rings is 1. The van der Waals surface area contributed by atoms with Crippen molar-refractivity contribution in [2.24, 2.45) is 5.92 Å². The Kier molecular flexibility index (Phi) is 8.35. The molecule has 1 heterocycles. The standard InChI is InChI=1S/C25H31ClN2O3/c1-3-19(4-2)25(30)28-15-13-21(14-16-28)27-24(29)22-7-5-6-8-23(22)31-17-18-9-11-20(26)12-10-18/h5-12,19,21H,3-4,13-17H2,1-2H3,(H,27,29). The van der Waals surface area contributed by atoms with E-state index in [-0.39, 0.29) is 23.8 Å². The van der Waals surface area contributed by atoms with Gasteiger partial charge in [0.2, 0.25) is 5.91 Å². The molecule has 0 spiro atoms. The van der Waals surface area contributed by atoms with Crippen molar-refractivity contribution in [2.75, 3.05) is 13.1 Å². The monoisotopic (exact) mass is 442 g/mol. The van der Waals surface area contributed by atoms with E-state index >= 15 is 0 Å². The van der Waals surface area contributed by atoms with E-state index in [9.17, 15) is 9.59 Å². The number of nitrogens with one attached hydrogen (secondary N) is 1. The van der Waals surface area contributed by atoms with Crippen molar-refractivity contribution in [3.05, 3.63) is 64.7 Å². The molecular weight excluding hydrogens is 412 g/mol. The largest absolute Gasteiger partial charge is 0.488 e. The van der Waals surface area contributed by atoms with Crippen molar-refractivity contribution < 1.29 is 14.3 Å². The first kappa shape index (κ1) is 23.1. The first-order valence-electron chi connectivity index (χ1n) is 11.1. The number of para-hydroxylation sites is 1. The smallest absolute Gasteiger partial charge is 0.255 e. The number of hydrogen-bond acceptors (Lipinski definition) is 3. The molecule has 1 saturated heterocycles. The summed E-state index contributed by atoms with van der Waals surface area (Å²) >= 11 is 5.93. The fourth-order valence-corrected chi connectivity index (χ4v) is 4.05. The molecule has 31 heavy (non-hydrogen) atoms. The summed E-state index contributed by atoms with van der Waals surface area (Å²) in [6.45, 7) is 5.86. The first-order valence-corrected chi connectivity index (χ1v) is 11.5. The molecule has 0 aromatic heterocycles. The maximum atomic E-state index is 12.9. The van der Waals surface area contributed by atoms with Gasteiger partial charge in [0.05, 0.1) is 5.56 Å². The van der Waals surface area contributed by atoms with Crippen molar-refractivity contribution in [1.29, 1.82) is 0 Å². The zero-order chi connectivity index (χ0) is 22.2. The van der Waals surface area contributed by atoms with Crippen LogP contribution in [-0.4, -0.2) is 35.8 Å². The van der Waals surface area contributed by atoms with Gasteiger partial charge in [0.1, 0.15) is 12.4 Å². The van der Waals surface area contributed by atoms with Gasteiger partial charge in [0, 0.05) is 30.1 Å². The quantitative estimate of drug-likeness (QED) is 0.620. The van der Waals surface area contributed by atoms with Crippen LogP contribution in [0.25, 0.3) is 0 Å². The van der Waals surface area contributed by atoms with Crippen LogP contribution >= 0.6 is 11.6 Å². The molecule has 1 aliphatic rings. The average Bonchev–Trinajstić information content (AvgIpc) is 2.80. The highest BCUT2D eigenvalue weighted by atomic mass is 35.5. The zero-order valence-electron chi connectivity index (χ0n) is 18.3. The highest BCUT2D eigenvalue weighted by Crippen LogP contribution is 2.22. The van der Waals surface area contributed by atoms with Crippen LogP contribution in [0.4, 0.5) is 0 Å². The van der Waals surface area contributed by atoms with Gasteiger partial charge < -0.3 is 15.0 Å². The molecular formula is C25H31ClN2O3. The lowest BCUT2D eigenvalue weighted by Crippen LogP contribution is -2.48. The van der Waals surface area contributed by atoms with Crippen LogP contribution in [0.5, 0.6) is 5.75 Å².